The largest absolute Gasteiger partial charge is 0.353 e. The summed E-state index contributed by atoms with van der Waals surface area (Å²) in [7, 11) is 0. The molecule has 1 aromatic rings. The smallest absolute Gasteiger partial charge is 0.220 e. The second kappa shape index (κ2) is 6.49. The summed E-state index contributed by atoms with van der Waals surface area (Å²) in [4.78, 5) is 12.3. The molecule has 1 aromatic carbocycles. The Morgan fingerprint density at radius 2 is 1.90 bits per heavy atom. The first-order valence-electron chi connectivity index (χ1n) is 7.91. The lowest BCUT2D eigenvalue weighted by Crippen LogP contribution is -2.48. The molecule has 21 heavy (non-hydrogen) atoms. The molecule has 0 spiro atoms. The highest BCUT2D eigenvalue weighted by atomic mass is 79.9. The number of amides is 1. The molecule has 2 saturated heterocycles. The van der Waals surface area contributed by atoms with Crippen LogP contribution in [0.1, 0.15) is 50.5 Å². The van der Waals surface area contributed by atoms with Gasteiger partial charge in [0.1, 0.15) is 0 Å². The molecule has 3 nitrogen and oxygen atoms in total. The predicted octanol–water partition coefficient (Wildman–Crippen LogP) is 3.34. The highest BCUT2D eigenvalue weighted by molar-refractivity contribution is 9.10. The highest BCUT2D eigenvalue weighted by Crippen LogP contribution is 2.27. The fraction of sp³-hybridized carbons (Fsp3) is 0.588. The van der Waals surface area contributed by atoms with E-state index in [2.05, 4.69) is 45.6 Å². The molecule has 2 fully saturated rings. The van der Waals surface area contributed by atoms with Gasteiger partial charge in [0.15, 0.2) is 0 Å². The van der Waals surface area contributed by atoms with Crippen molar-refractivity contribution in [2.24, 2.45) is 0 Å². The standard InChI is InChI=1S/C17H23BrN2O/c1-11(12-2-4-13(18)5-3-12)8-17(21)20-16-9-14-6-7-15(10-16)19-14/h2-5,11,14-16,19H,6-10H2,1H3,(H,20,21). The topological polar surface area (TPSA) is 41.1 Å². The van der Waals surface area contributed by atoms with Gasteiger partial charge in [-0.2, -0.15) is 0 Å². The summed E-state index contributed by atoms with van der Waals surface area (Å²) in [5, 5.41) is 6.85. The molecule has 0 saturated carbocycles. The summed E-state index contributed by atoms with van der Waals surface area (Å²) in [5.41, 5.74) is 1.22. The summed E-state index contributed by atoms with van der Waals surface area (Å²) in [6, 6.07) is 9.87. The van der Waals surface area contributed by atoms with Crippen LogP contribution in [0.5, 0.6) is 0 Å². The first kappa shape index (κ1) is 15.0. The Labute approximate surface area is 135 Å². The van der Waals surface area contributed by atoms with E-state index in [1.165, 1.54) is 18.4 Å². The maximum Gasteiger partial charge on any atom is 0.220 e. The number of rotatable bonds is 4. The Hall–Kier alpha value is -0.870. The van der Waals surface area contributed by atoms with Crippen LogP contribution in [-0.2, 0) is 4.79 Å². The molecule has 114 valence electrons. The van der Waals surface area contributed by atoms with Crippen LogP contribution in [0.15, 0.2) is 28.7 Å². The SMILES string of the molecule is CC(CC(=O)NC1CC2CCC(C1)N2)c1ccc(Br)cc1. The van der Waals surface area contributed by atoms with Gasteiger partial charge in [-0.1, -0.05) is 35.0 Å². The number of hydrogen-bond donors (Lipinski definition) is 2. The average Bonchev–Trinajstić information content (AvgIpc) is 2.78. The van der Waals surface area contributed by atoms with Gasteiger partial charge in [-0.3, -0.25) is 4.79 Å². The van der Waals surface area contributed by atoms with Gasteiger partial charge < -0.3 is 10.6 Å². The zero-order valence-electron chi connectivity index (χ0n) is 12.4. The molecule has 2 heterocycles. The normalized spacial score (nSPS) is 29.1. The zero-order chi connectivity index (χ0) is 14.8. The molecule has 1 amide bonds. The van der Waals surface area contributed by atoms with Crippen molar-refractivity contribution >= 4 is 21.8 Å². The third-order valence-corrected chi connectivity index (χ3v) is 5.30. The van der Waals surface area contributed by atoms with Crippen molar-refractivity contribution in [3.05, 3.63) is 34.3 Å². The number of benzene rings is 1. The minimum atomic E-state index is 0.191. The van der Waals surface area contributed by atoms with Gasteiger partial charge >= 0.3 is 0 Å². The van der Waals surface area contributed by atoms with Crippen molar-refractivity contribution in [1.82, 2.24) is 10.6 Å². The maximum absolute atomic E-state index is 12.3. The van der Waals surface area contributed by atoms with Crippen molar-refractivity contribution in [2.75, 3.05) is 0 Å². The van der Waals surface area contributed by atoms with Gasteiger partial charge in [-0.15, -0.1) is 0 Å². The molecule has 3 rings (SSSR count). The molecule has 2 aliphatic rings. The molecule has 2 N–H and O–H groups in total. The number of fused-ring (bicyclic) bond motifs is 2. The van der Waals surface area contributed by atoms with Gasteiger partial charge in [0.25, 0.3) is 0 Å². The molecule has 2 aliphatic heterocycles. The van der Waals surface area contributed by atoms with Crippen LogP contribution in [0, 0.1) is 0 Å². The van der Waals surface area contributed by atoms with E-state index in [0.29, 0.717) is 24.5 Å². The number of carbonyl (C=O) groups excluding carboxylic acids is 1. The Bertz CT molecular complexity index is 490. The van der Waals surface area contributed by atoms with Crippen LogP contribution in [0.3, 0.4) is 0 Å². The molecule has 3 unspecified atom stereocenters. The molecule has 4 heteroatoms. The number of halogens is 1. The third kappa shape index (κ3) is 3.86. The molecular weight excluding hydrogens is 328 g/mol. The van der Waals surface area contributed by atoms with E-state index in [-0.39, 0.29) is 11.8 Å². The van der Waals surface area contributed by atoms with Crippen molar-refractivity contribution in [2.45, 2.75) is 63.1 Å². The molecular formula is C17H23BrN2O. The van der Waals surface area contributed by atoms with E-state index in [1.807, 2.05) is 12.1 Å². The molecule has 0 aliphatic carbocycles. The van der Waals surface area contributed by atoms with Gasteiger partial charge in [0.05, 0.1) is 0 Å². The Kier molecular flexibility index (Phi) is 4.65. The minimum absolute atomic E-state index is 0.191. The van der Waals surface area contributed by atoms with Gasteiger partial charge in [0, 0.05) is 29.0 Å². The van der Waals surface area contributed by atoms with Crippen molar-refractivity contribution in [3.8, 4) is 0 Å². The predicted molar refractivity (Wildman–Crippen MR) is 88.3 cm³/mol. The van der Waals surface area contributed by atoms with Gasteiger partial charge in [0.2, 0.25) is 5.91 Å². The lowest BCUT2D eigenvalue weighted by atomic mass is 9.96. The highest BCUT2D eigenvalue weighted by Gasteiger charge is 2.34. The van der Waals surface area contributed by atoms with Crippen molar-refractivity contribution in [1.29, 1.82) is 0 Å². The van der Waals surface area contributed by atoms with Crippen molar-refractivity contribution in [3.63, 3.8) is 0 Å². The number of piperidine rings is 1. The summed E-state index contributed by atoms with van der Waals surface area (Å²) < 4.78 is 1.08. The number of carbonyl (C=O) groups is 1. The molecule has 0 aromatic heterocycles. The van der Waals surface area contributed by atoms with E-state index in [4.69, 9.17) is 0 Å². The van der Waals surface area contributed by atoms with Crippen LogP contribution < -0.4 is 10.6 Å². The van der Waals surface area contributed by atoms with E-state index < -0.39 is 0 Å². The van der Waals surface area contributed by atoms with Crippen LogP contribution in [0.2, 0.25) is 0 Å². The Morgan fingerprint density at radius 3 is 2.52 bits per heavy atom. The summed E-state index contributed by atoms with van der Waals surface area (Å²) >= 11 is 3.44. The first-order valence-corrected chi connectivity index (χ1v) is 8.70. The zero-order valence-corrected chi connectivity index (χ0v) is 14.0. The number of hydrogen-bond acceptors (Lipinski definition) is 2. The number of nitrogens with one attached hydrogen (secondary N) is 2. The molecule has 2 bridgehead atoms. The fourth-order valence-electron chi connectivity index (χ4n) is 3.65. The molecule has 0 radical (unpaired) electrons. The monoisotopic (exact) mass is 350 g/mol. The van der Waals surface area contributed by atoms with E-state index in [0.717, 1.165) is 17.3 Å². The third-order valence-electron chi connectivity index (χ3n) is 4.77. The second-order valence-corrected chi connectivity index (χ2v) is 7.45. The lowest BCUT2D eigenvalue weighted by molar-refractivity contribution is -0.122. The van der Waals surface area contributed by atoms with Crippen LogP contribution in [0.25, 0.3) is 0 Å². The van der Waals surface area contributed by atoms with Gasteiger partial charge in [-0.25, -0.2) is 0 Å². The van der Waals surface area contributed by atoms with Gasteiger partial charge in [-0.05, 0) is 49.3 Å². The molecule has 3 atom stereocenters. The van der Waals surface area contributed by atoms with Crippen LogP contribution >= 0.6 is 15.9 Å². The van der Waals surface area contributed by atoms with E-state index >= 15 is 0 Å². The fourth-order valence-corrected chi connectivity index (χ4v) is 3.91. The average molecular weight is 351 g/mol. The Balaban J connectivity index is 1.50. The van der Waals surface area contributed by atoms with Crippen molar-refractivity contribution < 1.29 is 4.79 Å². The van der Waals surface area contributed by atoms with E-state index in [9.17, 15) is 4.79 Å². The summed E-state index contributed by atoms with van der Waals surface area (Å²) in [5.74, 6) is 0.452. The second-order valence-electron chi connectivity index (χ2n) is 6.53. The first-order chi connectivity index (χ1) is 10.1. The lowest BCUT2D eigenvalue weighted by Gasteiger charge is -2.30. The minimum Gasteiger partial charge on any atom is -0.353 e. The quantitative estimate of drug-likeness (QED) is 0.874. The van der Waals surface area contributed by atoms with Crippen LogP contribution in [-0.4, -0.2) is 24.0 Å². The Morgan fingerprint density at radius 1 is 1.29 bits per heavy atom. The van der Waals surface area contributed by atoms with Crippen LogP contribution in [0.4, 0.5) is 0 Å². The summed E-state index contributed by atoms with van der Waals surface area (Å²) in [6.45, 7) is 2.12. The maximum atomic E-state index is 12.3. The summed E-state index contributed by atoms with van der Waals surface area (Å²) in [6.07, 6.45) is 5.30. The van der Waals surface area contributed by atoms with E-state index in [1.54, 1.807) is 0 Å².